The third-order valence-electron chi connectivity index (χ3n) is 2.51. The van der Waals surface area contributed by atoms with Crippen molar-refractivity contribution in [1.29, 1.82) is 0 Å². The molecule has 1 fully saturated rings. The van der Waals surface area contributed by atoms with Crippen LogP contribution >= 0.6 is 0 Å². The van der Waals surface area contributed by atoms with Crippen molar-refractivity contribution in [3.63, 3.8) is 0 Å². The predicted molar refractivity (Wildman–Crippen MR) is 41.7 cm³/mol. The van der Waals surface area contributed by atoms with E-state index < -0.39 is 0 Å². The van der Waals surface area contributed by atoms with Crippen LogP contribution in [0.25, 0.3) is 0 Å². The van der Waals surface area contributed by atoms with E-state index >= 15 is 0 Å². The minimum Gasteiger partial charge on any atom is -0.295 e. The Morgan fingerprint density at radius 2 is 2.40 bits per heavy atom. The van der Waals surface area contributed by atoms with Crippen LogP contribution in [0.15, 0.2) is 12.7 Å². The molecule has 1 heteroatoms. The lowest BCUT2D eigenvalue weighted by Gasteiger charge is -2.33. The summed E-state index contributed by atoms with van der Waals surface area (Å²) in [6.45, 7) is 5.63. The zero-order valence-corrected chi connectivity index (χ0v) is 6.47. The van der Waals surface area contributed by atoms with Gasteiger partial charge in [0.25, 0.3) is 0 Å². The summed E-state index contributed by atoms with van der Waals surface area (Å²) in [7, 11) is 0. The largest absolute Gasteiger partial charge is 0.295 e. The summed E-state index contributed by atoms with van der Waals surface area (Å²) in [6.07, 6.45) is 4.93. The Morgan fingerprint density at radius 3 is 2.70 bits per heavy atom. The van der Waals surface area contributed by atoms with E-state index in [0.29, 0.717) is 11.8 Å². The van der Waals surface area contributed by atoms with E-state index in [0.717, 1.165) is 12.8 Å². The van der Waals surface area contributed by atoms with Gasteiger partial charge in [-0.25, -0.2) is 0 Å². The molecule has 1 aliphatic rings. The fourth-order valence-corrected chi connectivity index (χ4v) is 1.58. The fraction of sp³-hybridized carbons (Fsp3) is 0.667. The highest BCUT2D eigenvalue weighted by atomic mass is 16.1. The van der Waals surface area contributed by atoms with Crippen LogP contribution in [0.2, 0.25) is 0 Å². The Hall–Kier alpha value is -0.590. The molecule has 0 radical (unpaired) electrons. The van der Waals surface area contributed by atoms with Crippen molar-refractivity contribution in [3.8, 4) is 0 Å². The SMILES string of the molecule is C=CC(=O)[C@H]1CC[C@H]1CC. The molecule has 1 nitrogen and oxygen atoms in total. The number of hydrogen-bond acceptors (Lipinski definition) is 1. The normalized spacial score (nSPS) is 30.9. The average Bonchev–Trinajstić information content (AvgIpc) is 1.86. The lowest BCUT2D eigenvalue weighted by Crippen LogP contribution is -2.31. The van der Waals surface area contributed by atoms with Crippen LogP contribution in [-0.4, -0.2) is 5.78 Å². The molecule has 0 aromatic carbocycles. The van der Waals surface area contributed by atoms with Crippen molar-refractivity contribution in [1.82, 2.24) is 0 Å². The number of allylic oxidation sites excluding steroid dienone is 1. The van der Waals surface area contributed by atoms with E-state index in [2.05, 4.69) is 13.5 Å². The maximum Gasteiger partial charge on any atom is 0.158 e. The number of rotatable bonds is 3. The average molecular weight is 138 g/mol. The van der Waals surface area contributed by atoms with Gasteiger partial charge in [0.15, 0.2) is 5.78 Å². The lowest BCUT2D eigenvalue weighted by atomic mass is 9.70. The topological polar surface area (TPSA) is 17.1 Å². The molecule has 10 heavy (non-hydrogen) atoms. The van der Waals surface area contributed by atoms with Gasteiger partial charge in [-0.1, -0.05) is 19.9 Å². The van der Waals surface area contributed by atoms with Crippen LogP contribution in [-0.2, 0) is 4.79 Å². The Balaban J connectivity index is 2.42. The molecule has 1 rings (SSSR count). The first-order valence-electron chi connectivity index (χ1n) is 3.95. The van der Waals surface area contributed by atoms with Gasteiger partial charge in [0.05, 0.1) is 0 Å². The molecule has 56 valence electrons. The quantitative estimate of drug-likeness (QED) is 0.546. The van der Waals surface area contributed by atoms with Gasteiger partial charge in [0, 0.05) is 5.92 Å². The van der Waals surface area contributed by atoms with Crippen LogP contribution in [0.5, 0.6) is 0 Å². The second-order valence-corrected chi connectivity index (χ2v) is 2.96. The minimum atomic E-state index is 0.248. The van der Waals surface area contributed by atoms with E-state index in [1.54, 1.807) is 0 Å². The van der Waals surface area contributed by atoms with Crippen molar-refractivity contribution < 1.29 is 4.79 Å². The summed E-state index contributed by atoms with van der Waals surface area (Å²) in [5.41, 5.74) is 0. The molecule has 1 saturated carbocycles. The maximum atomic E-state index is 11.0. The number of carbonyl (C=O) groups excluding carboxylic acids is 1. The highest BCUT2D eigenvalue weighted by Crippen LogP contribution is 2.37. The van der Waals surface area contributed by atoms with E-state index in [1.165, 1.54) is 12.5 Å². The Kier molecular flexibility index (Phi) is 2.25. The smallest absolute Gasteiger partial charge is 0.158 e. The Morgan fingerprint density at radius 1 is 1.70 bits per heavy atom. The molecular weight excluding hydrogens is 124 g/mol. The second kappa shape index (κ2) is 3.00. The molecule has 0 aromatic heterocycles. The number of hydrogen-bond donors (Lipinski definition) is 0. The summed E-state index contributed by atoms with van der Waals surface area (Å²) in [5.74, 6) is 1.23. The van der Waals surface area contributed by atoms with Crippen LogP contribution < -0.4 is 0 Å². The van der Waals surface area contributed by atoms with Gasteiger partial charge in [-0.15, -0.1) is 0 Å². The molecule has 0 aromatic rings. The van der Waals surface area contributed by atoms with Crippen molar-refractivity contribution >= 4 is 5.78 Å². The van der Waals surface area contributed by atoms with Crippen molar-refractivity contribution in [3.05, 3.63) is 12.7 Å². The highest BCUT2D eigenvalue weighted by Gasteiger charge is 2.33. The number of carbonyl (C=O) groups is 1. The third-order valence-corrected chi connectivity index (χ3v) is 2.51. The summed E-state index contributed by atoms with van der Waals surface area (Å²) in [5, 5.41) is 0. The second-order valence-electron chi connectivity index (χ2n) is 2.96. The van der Waals surface area contributed by atoms with Crippen molar-refractivity contribution in [2.75, 3.05) is 0 Å². The summed E-state index contributed by atoms with van der Waals surface area (Å²) in [6, 6.07) is 0. The first-order valence-corrected chi connectivity index (χ1v) is 3.95. The molecule has 0 aliphatic heterocycles. The monoisotopic (exact) mass is 138 g/mol. The van der Waals surface area contributed by atoms with Gasteiger partial charge in [-0.2, -0.15) is 0 Å². The van der Waals surface area contributed by atoms with Gasteiger partial charge in [0.2, 0.25) is 0 Å². The fourth-order valence-electron chi connectivity index (χ4n) is 1.58. The van der Waals surface area contributed by atoms with Crippen LogP contribution in [0.1, 0.15) is 26.2 Å². The van der Waals surface area contributed by atoms with E-state index in [9.17, 15) is 4.79 Å². The molecule has 0 N–H and O–H groups in total. The first kappa shape index (κ1) is 7.52. The van der Waals surface area contributed by atoms with Gasteiger partial charge in [-0.3, -0.25) is 4.79 Å². The first-order chi connectivity index (χ1) is 4.79. The summed E-state index contributed by atoms with van der Waals surface area (Å²) >= 11 is 0. The maximum absolute atomic E-state index is 11.0. The summed E-state index contributed by atoms with van der Waals surface area (Å²) in [4.78, 5) is 11.0. The minimum absolute atomic E-state index is 0.248. The van der Waals surface area contributed by atoms with E-state index in [1.807, 2.05) is 0 Å². The standard InChI is InChI=1S/C9H14O/c1-3-7-5-6-8(7)9(10)4-2/h4,7-8H,2-3,5-6H2,1H3/t7-,8+/m1/s1. The highest BCUT2D eigenvalue weighted by molar-refractivity contribution is 5.91. The van der Waals surface area contributed by atoms with Crippen LogP contribution in [0.4, 0.5) is 0 Å². The van der Waals surface area contributed by atoms with Crippen molar-refractivity contribution in [2.24, 2.45) is 11.8 Å². The molecule has 0 unspecified atom stereocenters. The molecule has 0 heterocycles. The van der Waals surface area contributed by atoms with E-state index in [4.69, 9.17) is 0 Å². The summed E-state index contributed by atoms with van der Waals surface area (Å²) < 4.78 is 0. The number of ketones is 1. The Labute approximate surface area is 62.1 Å². The lowest BCUT2D eigenvalue weighted by molar-refractivity contribution is -0.123. The zero-order valence-electron chi connectivity index (χ0n) is 6.47. The van der Waals surface area contributed by atoms with Gasteiger partial charge in [0.1, 0.15) is 0 Å². The zero-order chi connectivity index (χ0) is 7.56. The molecule has 0 bridgehead atoms. The molecule has 0 amide bonds. The van der Waals surface area contributed by atoms with Gasteiger partial charge < -0.3 is 0 Å². The molecule has 0 spiro atoms. The molecule has 0 saturated heterocycles. The van der Waals surface area contributed by atoms with Crippen LogP contribution in [0, 0.1) is 11.8 Å². The third kappa shape index (κ3) is 1.13. The predicted octanol–water partition coefficient (Wildman–Crippen LogP) is 2.18. The molecular formula is C9H14O. The molecule has 1 aliphatic carbocycles. The van der Waals surface area contributed by atoms with Crippen LogP contribution in [0.3, 0.4) is 0 Å². The van der Waals surface area contributed by atoms with E-state index in [-0.39, 0.29) is 5.78 Å². The van der Waals surface area contributed by atoms with Crippen molar-refractivity contribution in [2.45, 2.75) is 26.2 Å². The molecule has 2 atom stereocenters. The van der Waals surface area contributed by atoms with Gasteiger partial charge >= 0.3 is 0 Å². The Bertz CT molecular complexity index is 147. The van der Waals surface area contributed by atoms with Gasteiger partial charge in [-0.05, 0) is 24.8 Å².